The highest BCUT2D eigenvalue weighted by atomic mass is 16.5. The Morgan fingerprint density at radius 2 is 1.96 bits per heavy atom. The molecule has 0 saturated carbocycles. The van der Waals surface area contributed by atoms with Gasteiger partial charge < -0.3 is 9.15 Å². The van der Waals surface area contributed by atoms with Gasteiger partial charge in [-0.2, -0.15) is 5.10 Å². The quantitative estimate of drug-likeness (QED) is 0.475. The zero-order valence-corrected chi connectivity index (χ0v) is 16.1. The van der Waals surface area contributed by atoms with Crippen LogP contribution in [0, 0.1) is 13.8 Å². The van der Waals surface area contributed by atoms with E-state index in [0.717, 1.165) is 33.5 Å². The second kappa shape index (κ2) is 7.38. The van der Waals surface area contributed by atoms with Crippen molar-refractivity contribution in [3.8, 4) is 0 Å². The fourth-order valence-corrected chi connectivity index (χ4v) is 3.27. The molecule has 3 aromatic heterocycles. The van der Waals surface area contributed by atoms with E-state index in [9.17, 15) is 4.79 Å². The average Bonchev–Trinajstić information content (AvgIpc) is 3.31. The summed E-state index contributed by atoms with van der Waals surface area (Å²) in [5.41, 5.74) is 4.62. The molecule has 0 N–H and O–H groups in total. The molecule has 0 atom stereocenters. The van der Waals surface area contributed by atoms with E-state index < -0.39 is 0 Å². The Labute approximate surface area is 161 Å². The molecule has 4 rings (SSSR count). The zero-order valence-electron chi connectivity index (χ0n) is 16.1. The van der Waals surface area contributed by atoms with Gasteiger partial charge in [-0.05, 0) is 38.0 Å². The zero-order chi connectivity index (χ0) is 19.7. The van der Waals surface area contributed by atoms with Crippen molar-refractivity contribution in [2.45, 2.75) is 46.6 Å². The SMILES string of the molecule is CCc1nnc(COC(=O)CCc2c(C)nc3c4ccccc4nn3c2C)o1. The van der Waals surface area contributed by atoms with Crippen molar-refractivity contribution in [3.63, 3.8) is 0 Å². The molecule has 8 nitrogen and oxygen atoms in total. The molecule has 0 aliphatic heterocycles. The number of aryl methyl sites for hydroxylation is 3. The molecule has 0 amide bonds. The highest BCUT2D eigenvalue weighted by Crippen LogP contribution is 2.23. The number of esters is 1. The van der Waals surface area contributed by atoms with Crippen LogP contribution < -0.4 is 0 Å². The Balaban J connectivity index is 1.48. The highest BCUT2D eigenvalue weighted by molar-refractivity contribution is 5.92. The Bertz CT molecular complexity index is 1160. The smallest absolute Gasteiger partial charge is 0.306 e. The van der Waals surface area contributed by atoms with Crippen molar-refractivity contribution in [3.05, 3.63) is 53.0 Å². The second-order valence-electron chi connectivity index (χ2n) is 6.62. The van der Waals surface area contributed by atoms with E-state index >= 15 is 0 Å². The van der Waals surface area contributed by atoms with Gasteiger partial charge in [0.25, 0.3) is 5.89 Å². The van der Waals surface area contributed by atoms with Crippen LogP contribution in [0.1, 0.15) is 42.1 Å². The molecule has 0 unspecified atom stereocenters. The first-order chi connectivity index (χ1) is 13.6. The Morgan fingerprint density at radius 1 is 1.18 bits per heavy atom. The number of carbonyl (C=O) groups excluding carboxylic acids is 1. The monoisotopic (exact) mass is 379 g/mol. The summed E-state index contributed by atoms with van der Waals surface area (Å²) >= 11 is 0. The van der Waals surface area contributed by atoms with Crippen LogP contribution in [-0.2, 0) is 29.0 Å². The van der Waals surface area contributed by atoms with E-state index in [1.807, 2.05) is 49.6 Å². The first kappa shape index (κ1) is 18.1. The van der Waals surface area contributed by atoms with Crippen molar-refractivity contribution < 1.29 is 13.9 Å². The molecule has 144 valence electrons. The van der Waals surface area contributed by atoms with Gasteiger partial charge in [0.1, 0.15) is 0 Å². The first-order valence-electron chi connectivity index (χ1n) is 9.27. The maximum Gasteiger partial charge on any atom is 0.306 e. The molecule has 0 radical (unpaired) electrons. The average molecular weight is 379 g/mol. The summed E-state index contributed by atoms with van der Waals surface area (Å²) in [6.45, 7) is 5.87. The van der Waals surface area contributed by atoms with Crippen LogP contribution in [0.15, 0.2) is 28.7 Å². The molecule has 0 bridgehead atoms. The Morgan fingerprint density at radius 3 is 2.75 bits per heavy atom. The van der Waals surface area contributed by atoms with E-state index in [1.54, 1.807) is 0 Å². The van der Waals surface area contributed by atoms with Gasteiger partial charge in [0, 0.05) is 29.6 Å². The van der Waals surface area contributed by atoms with Gasteiger partial charge >= 0.3 is 5.97 Å². The number of hydrogen-bond donors (Lipinski definition) is 0. The first-order valence-corrected chi connectivity index (χ1v) is 9.27. The van der Waals surface area contributed by atoms with Gasteiger partial charge in [0.05, 0.1) is 5.52 Å². The van der Waals surface area contributed by atoms with E-state index in [2.05, 4.69) is 15.3 Å². The third-order valence-electron chi connectivity index (χ3n) is 4.76. The maximum atomic E-state index is 12.1. The lowest BCUT2D eigenvalue weighted by molar-refractivity contribution is -0.145. The molecular formula is C20H21N5O3. The summed E-state index contributed by atoms with van der Waals surface area (Å²) < 4.78 is 12.4. The molecular weight excluding hydrogens is 358 g/mol. The summed E-state index contributed by atoms with van der Waals surface area (Å²) in [5, 5.41) is 13.4. The minimum Gasteiger partial charge on any atom is -0.456 e. The number of aromatic nitrogens is 5. The van der Waals surface area contributed by atoms with Crippen molar-refractivity contribution >= 4 is 22.5 Å². The second-order valence-corrected chi connectivity index (χ2v) is 6.62. The van der Waals surface area contributed by atoms with E-state index in [4.69, 9.17) is 14.1 Å². The van der Waals surface area contributed by atoms with Gasteiger partial charge in [-0.15, -0.1) is 10.2 Å². The van der Waals surface area contributed by atoms with Gasteiger partial charge in [-0.3, -0.25) is 4.79 Å². The lowest BCUT2D eigenvalue weighted by Crippen LogP contribution is -2.10. The van der Waals surface area contributed by atoms with Crippen LogP contribution in [0.5, 0.6) is 0 Å². The topological polar surface area (TPSA) is 95.4 Å². The standard InChI is InChI=1S/C20H21N5O3/c1-4-17-22-23-18(28-17)11-27-19(26)10-9-14-12(2)21-20-15-7-5-6-8-16(15)24-25(20)13(14)3/h5-8H,4,9-11H2,1-3H3. The van der Waals surface area contributed by atoms with Crippen LogP contribution in [0.3, 0.4) is 0 Å². The highest BCUT2D eigenvalue weighted by Gasteiger charge is 2.16. The largest absolute Gasteiger partial charge is 0.456 e. The third-order valence-corrected chi connectivity index (χ3v) is 4.76. The minimum atomic E-state index is -0.319. The van der Waals surface area contributed by atoms with Gasteiger partial charge in [0.2, 0.25) is 5.89 Å². The predicted molar refractivity (Wildman–Crippen MR) is 102 cm³/mol. The maximum absolute atomic E-state index is 12.1. The van der Waals surface area contributed by atoms with Crippen molar-refractivity contribution in [2.75, 3.05) is 0 Å². The summed E-state index contributed by atoms with van der Waals surface area (Å²) in [6.07, 6.45) is 1.42. The molecule has 1 aromatic carbocycles. The van der Waals surface area contributed by atoms with Crippen molar-refractivity contribution in [1.82, 2.24) is 24.8 Å². The van der Waals surface area contributed by atoms with Gasteiger partial charge in [-0.1, -0.05) is 19.1 Å². The molecule has 28 heavy (non-hydrogen) atoms. The summed E-state index contributed by atoms with van der Waals surface area (Å²) in [7, 11) is 0. The molecule has 0 aliphatic carbocycles. The van der Waals surface area contributed by atoms with Crippen molar-refractivity contribution in [1.29, 1.82) is 0 Å². The van der Waals surface area contributed by atoms with E-state index in [0.29, 0.717) is 24.6 Å². The number of hydrogen-bond acceptors (Lipinski definition) is 7. The molecule has 0 fully saturated rings. The Hall–Kier alpha value is -3.29. The number of nitrogens with zero attached hydrogens (tertiary/aromatic N) is 5. The lowest BCUT2D eigenvalue weighted by atomic mass is 10.1. The van der Waals surface area contributed by atoms with Crippen LogP contribution >= 0.6 is 0 Å². The summed E-state index contributed by atoms with van der Waals surface area (Å²) in [5.74, 6) is 0.521. The van der Waals surface area contributed by atoms with Crippen LogP contribution in [0.2, 0.25) is 0 Å². The molecule has 4 aromatic rings. The molecule has 0 saturated heterocycles. The molecule has 3 heterocycles. The van der Waals surface area contributed by atoms with E-state index in [1.165, 1.54) is 0 Å². The van der Waals surface area contributed by atoms with E-state index in [-0.39, 0.29) is 19.0 Å². The van der Waals surface area contributed by atoms with Crippen LogP contribution in [0.25, 0.3) is 16.6 Å². The van der Waals surface area contributed by atoms with Crippen LogP contribution in [-0.4, -0.2) is 30.8 Å². The van der Waals surface area contributed by atoms with Crippen LogP contribution in [0.4, 0.5) is 0 Å². The number of rotatable bonds is 6. The number of fused-ring (bicyclic) bond motifs is 3. The number of benzene rings is 1. The minimum absolute atomic E-state index is 0.00831. The van der Waals surface area contributed by atoms with Crippen molar-refractivity contribution in [2.24, 2.45) is 0 Å². The molecule has 8 heteroatoms. The molecule has 0 spiro atoms. The predicted octanol–water partition coefficient (Wildman–Crippen LogP) is 3.12. The number of ether oxygens (including phenoxy) is 1. The summed E-state index contributed by atoms with van der Waals surface area (Å²) in [6, 6.07) is 7.92. The fourth-order valence-electron chi connectivity index (χ4n) is 3.27. The molecule has 0 aliphatic rings. The fraction of sp³-hybridized carbons (Fsp3) is 0.350. The van der Waals surface area contributed by atoms with Gasteiger partial charge in [0.15, 0.2) is 12.3 Å². The number of carbonyl (C=O) groups is 1. The summed E-state index contributed by atoms with van der Waals surface area (Å²) in [4.78, 5) is 16.9. The van der Waals surface area contributed by atoms with Gasteiger partial charge in [-0.25, -0.2) is 9.50 Å². The Kier molecular flexibility index (Phi) is 4.77. The third kappa shape index (κ3) is 3.33. The lowest BCUT2D eigenvalue weighted by Gasteiger charge is -2.10. The normalized spacial score (nSPS) is 11.4.